The summed E-state index contributed by atoms with van der Waals surface area (Å²) in [6.07, 6.45) is 2.56. The molecule has 0 radical (unpaired) electrons. The van der Waals surface area contributed by atoms with E-state index in [4.69, 9.17) is 0 Å². The minimum Gasteiger partial charge on any atom is -0.301 e. The maximum Gasteiger partial charge on any atom is 0.224 e. The number of benzene rings is 1. The fourth-order valence-electron chi connectivity index (χ4n) is 2.33. The molecule has 0 saturated carbocycles. The summed E-state index contributed by atoms with van der Waals surface area (Å²) in [5.74, 6) is -0.0782. The molecule has 100 valence electrons. The molecule has 0 bridgehead atoms. The summed E-state index contributed by atoms with van der Waals surface area (Å²) in [6.45, 7) is 5.47. The Morgan fingerprint density at radius 3 is 2.63 bits per heavy atom. The first-order valence-corrected chi connectivity index (χ1v) is 6.98. The molecule has 4 heteroatoms. The van der Waals surface area contributed by atoms with Gasteiger partial charge in [-0.15, -0.1) is 0 Å². The van der Waals surface area contributed by atoms with Gasteiger partial charge in [0.15, 0.2) is 5.78 Å². The van der Waals surface area contributed by atoms with Crippen molar-refractivity contribution < 1.29 is 9.59 Å². The minimum absolute atomic E-state index is 0.0176. The number of amides is 1. The number of anilines is 1. The molecule has 1 heterocycles. The molecule has 1 aliphatic heterocycles. The molecule has 0 spiro atoms. The first-order chi connectivity index (χ1) is 8.91. The number of fused-ring (bicyclic) bond motifs is 1. The highest BCUT2D eigenvalue weighted by Gasteiger charge is 2.38. The lowest BCUT2D eigenvalue weighted by molar-refractivity contribution is -0.116. The van der Waals surface area contributed by atoms with E-state index in [9.17, 15) is 9.59 Å². The third-order valence-corrected chi connectivity index (χ3v) is 3.68. The van der Waals surface area contributed by atoms with Crippen LogP contribution >= 0.6 is 15.9 Å². The van der Waals surface area contributed by atoms with Gasteiger partial charge in [0.1, 0.15) is 6.04 Å². The molecule has 19 heavy (non-hydrogen) atoms. The topological polar surface area (TPSA) is 37.4 Å². The number of carbonyl (C=O) groups excluding carboxylic acids is 2. The average Bonchev–Trinajstić information content (AvgIpc) is 2.60. The molecule has 1 amide bonds. The normalized spacial score (nSPS) is 17.4. The summed E-state index contributed by atoms with van der Waals surface area (Å²) in [7, 11) is 0. The maximum atomic E-state index is 12.4. The van der Waals surface area contributed by atoms with Crippen molar-refractivity contribution in [2.24, 2.45) is 0 Å². The molecule has 1 aliphatic rings. The van der Waals surface area contributed by atoms with Crippen LogP contribution in [0.15, 0.2) is 34.3 Å². The van der Waals surface area contributed by atoms with Crippen molar-refractivity contribution in [2.75, 3.05) is 4.90 Å². The fourth-order valence-corrected chi connectivity index (χ4v) is 2.69. The summed E-state index contributed by atoms with van der Waals surface area (Å²) < 4.78 is 0.853. The first kappa shape index (κ1) is 14.0. The Hall–Kier alpha value is -1.42. The number of carbonyl (C=O) groups is 2. The van der Waals surface area contributed by atoms with Crippen molar-refractivity contribution in [3.8, 4) is 0 Å². The minimum atomic E-state index is -0.406. The predicted molar refractivity (Wildman–Crippen MR) is 79.5 cm³/mol. The first-order valence-electron chi connectivity index (χ1n) is 6.18. The van der Waals surface area contributed by atoms with Gasteiger partial charge in [-0.25, -0.2) is 0 Å². The number of Topliss-reactive ketones (excluding diaryl/α,β-unsaturated/α-hetero) is 1. The highest BCUT2D eigenvalue weighted by atomic mass is 79.9. The van der Waals surface area contributed by atoms with Gasteiger partial charge in [0.2, 0.25) is 5.91 Å². The predicted octanol–water partition coefficient (Wildman–Crippen LogP) is 3.72. The number of hydrogen-bond acceptors (Lipinski definition) is 2. The molecular formula is C15H16BrNO2. The van der Waals surface area contributed by atoms with Gasteiger partial charge in [-0.2, -0.15) is 0 Å². The smallest absolute Gasteiger partial charge is 0.224 e. The number of allylic oxidation sites excluding steroid dienone is 1. The number of rotatable bonds is 2. The second-order valence-corrected chi connectivity index (χ2v) is 5.86. The van der Waals surface area contributed by atoms with E-state index in [1.807, 2.05) is 32.1 Å². The number of hydrogen-bond donors (Lipinski definition) is 0. The van der Waals surface area contributed by atoms with Gasteiger partial charge in [-0.3, -0.25) is 9.59 Å². The Kier molecular flexibility index (Phi) is 3.90. The highest BCUT2D eigenvalue weighted by Crippen LogP contribution is 2.35. The summed E-state index contributed by atoms with van der Waals surface area (Å²) in [6, 6.07) is 5.06. The van der Waals surface area contributed by atoms with Crippen LogP contribution in [0.5, 0.6) is 0 Å². The molecular weight excluding hydrogens is 306 g/mol. The van der Waals surface area contributed by atoms with E-state index < -0.39 is 6.04 Å². The van der Waals surface area contributed by atoms with Gasteiger partial charge in [0.05, 0.1) is 5.69 Å². The number of nitrogens with zero attached hydrogens (tertiary/aromatic N) is 1. The van der Waals surface area contributed by atoms with Gasteiger partial charge in [-0.1, -0.05) is 27.6 Å². The molecule has 1 atom stereocenters. The zero-order valence-electron chi connectivity index (χ0n) is 11.2. The SMILES string of the molecule is CC(=O)N1c2ccc(Br)cc2C(=O)C1CC=C(C)C. The zero-order valence-corrected chi connectivity index (χ0v) is 12.8. The lowest BCUT2D eigenvalue weighted by Crippen LogP contribution is -2.38. The van der Waals surface area contributed by atoms with E-state index in [1.54, 1.807) is 11.0 Å². The van der Waals surface area contributed by atoms with Crippen LogP contribution in [0.3, 0.4) is 0 Å². The number of ketones is 1. The third kappa shape index (κ3) is 2.63. The van der Waals surface area contributed by atoms with Gasteiger partial charge >= 0.3 is 0 Å². The van der Waals surface area contributed by atoms with Crippen molar-refractivity contribution in [1.29, 1.82) is 0 Å². The van der Waals surface area contributed by atoms with Crippen LogP contribution < -0.4 is 4.90 Å². The molecule has 0 saturated heterocycles. The molecule has 1 unspecified atom stereocenters. The second kappa shape index (κ2) is 5.29. The van der Waals surface area contributed by atoms with E-state index in [0.29, 0.717) is 17.7 Å². The zero-order chi connectivity index (χ0) is 14.2. The summed E-state index contributed by atoms with van der Waals surface area (Å²) >= 11 is 3.36. The van der Waals surface area contributed by atoms with Crippen LogP contribution in [0, 0.1) is 0 Å². The van der Waals surface area contributed by atoms with Crippen LogP contribution in [0.4, 0.5) is 5.69 Å². The van der Waals surface area contributed by atoms with Gasteiger partial charge in [0, 0.05) is 17.0 Å². The average molecular weight is 322 g/mol. The van der Waals surface area contributed by atoms with Gasteiger partial charge in [-0.05, 0) is 38.5 Å². The van der Waals surface area contributed by atoms with Crippen LogP contribution in [0.2, 0.25) is 0 Å². The van der Waals surface area contributed by atoms with Crippen LogP contribution in [0.1, 0.15) is 37.6 Å². The van der Waals surface area contributed by atoms with E-state index >= 15 is 0 Å². The van der Waals surface area contributed by atoms with E-state index in [1.165, 1.54) is 6.92 Å². The Morgan fingerprint density at radius 2 is 2.05 bits per heavy atom. The monoisotopic (exact) mass is 321 g/mol. The van der Waals surface area contributed by atoms with Crippen molar-refractivity contribution in [3.05, 3.63) is 39.9 Å². The van der Waals surface area contributed by atoms with Crippen molar-refractivity contribution >= 4 is 33.3 Å². The van der Waals surface area contributed by atoms with Gasteiger partial charge in [0.25, 0.3) is 0 Å². The molecule has 2 rings (SSSR count). The summed E-state index contributed by atoms with van der Waals surface area (Å²) in [4.78, 5) is 25.9. The molecule has 1 aromatic rings. The molecule has 3 nitrogen and oxygen atoms in total. The Morgan fingerprint density at radius 1 is 1.37 bits per heavy atom. The molecule has 1 aromatic carbocycles. The van der Waals surface area contributed by atoms with Crippen molar-refractivity contribution in [3.63, 3.8) is 0 Å². The second-order valence-electron chi connectivity index (χ2n) is 4.95. The highest BCUT2D eigenvalue weighted by molar-refractivity contribution is 9.10. The van der Waals surface area contributed by atoms with Crippen LogP contribution in [0.25, 0.3) is 0 Å². The van der Waals surface area contributed by atoms with Crippen molar-refractivity contribution in [1.82, 2.24) is 0 Å². The lowest BCUT2D eigenvalue weighted by Gasteiger charge is -2.22. The fraction of sp³-hybridized carbons (Fsp3) is 0.333. The Balaban J connectivity index is 2.45. The van der Waals surface area contributed by atoms with Crippen LogP contribution in [-0.2, 0) is 4.79 Å². The lowest BCUT2D eigenvalue weighted by atomic mass is 10.0. The number of halogens is 1. The molecule has 0 aromatic heterocycles. The van der Waals surface area contributed by atoms with E-state index in [-0.39, 0.29) is 11.7 Å². The summed E-state index contributed by atoms with van der Waals surface area (Å²) in [5, 5.41) is 0. The van der Waals surface area contributed by atoms with E-state index in [2.05, 4.69) is 15.9 Å². The molecule has 0 fully saturated rings. The van der Waals surface area contributed by atoms with Gasteiger partial charge < -0.3 is 4.90 Å². The Labute approximate surface area is 121 Å². The van der Waals surface area contributed by atoms with Crippen molar-refractivity contribution in [2.45, 2.75) is 33.2 Å². The largest absolute Gasteiger partial charge is 0.301 e. The molecule has 0 aliphatic carbocycles. The third-order valence-electron chi connectivity index (χ3n) is 3.19. The quantitative estimate of drug-likeness (QED) is 0.778. The van der Waals surface area contributed by atoms with Crippen LogP contribution in [-0.4, -0.2) is 17.7 Å². The van der Waals surface area contributed by atoms with E-state index in [0.717, 1.165) is 10.0 Å². The molecule has 0 N–H and O–H groups in total. The maximum absolute atomic E-state index is 12.4. The Bertz CT molecular complexity index is 574. The summed E-state index contributed by atoms with van der Waals surface area (Å²) in [5.41, 5.74) is 2.48. The standard InChI is InChI=1S/C15H16BrNO2/c1-9(2)4-6-14-15(19)12-8-11(16)5-7-13(12)17(14)10(3)18/h4-5,7-8,14H,6H2,1-3H3.